The van der Waals surface area contributed by atoms with Crippen molar-refractivity contribution in [3.05, 3.63) is 36.0 Å². The number of piperidine rings is 1. The first kappa shape index (κ1) is 18.6. The second-order valence-corrected chi connectivity index (χ2v) is 7.62. The number of amides is 1. The van der Waals surface area contributed by atoms with Crippen LogP contribution in [0, 0.1) is 5.92 Å². The predicted octanol–water partition coefficient (Wildman–Crippen LogP) is 3.44. The molecule has 1 aromatic carbocycles. The fourth-order valence-electron chi connectivity index (χ4n) is 3.68. The van der Waals surface area contributed by atoms with E-state index in [9.17, 15) is 4.79 Å². The highest BCUT2D eigenvalue weighted by molar-refractivity contribution is 5.98. The van der Waals surface area contributed by atoms with Crippen LogP contribution in [0.25, 0.3) is 10.8 Å². The first-order valence-corrected chi connectivity index (χ1v) is 9.43. The predicted molar refractivity (Wildman–Crippen MR) is 105 cm³/mol. The van der Waals surface area contributed by atoms with E-state index in [1.807, 2.05) is 35.2 Å². The molecule has 1 amide bonds. The molecule has 5 heteroatoms. The molecule has 2 aromatic rings. The van der Waals surface area contributed by atoms with E-state index in [2.05, 4.69) is 30.8 Å². The van der Waals surface area contributed by atoms with Crippen LogP contribution in [-0.2, 0) is 0 Å². The van der Waals surface area contributed by atoms with Crippen LogP contribution in [0.3, 0.4) is 0 Å². The monoisotopic (exact) mass is 355 g/mol. The summed E-state index contributed by atoms with van der Waals surface area (Å²) in [6, 6.07) is 10.1. The maximum absolute atomic E-state index is 13.4. The highest BCUT2D eigenvalue weighted by Crippen LogP contribution is 2.26. The number of carbonyl (C=O) groups excluding carboxylic acids is 1. The molecule has 0 N–H and O–H groups in total. The number of methoxy groups -OCH3 is 1. The Bertz CT molecular complexity index is 767. The highest BCUT2D eigenvalue weighted by atomic mass is 16.5. The molecule has 2 heterocycles. The molecule has 5 nitrogen and oxygen atoms in total. The van der Waals surface area contributed by atoms with E-state index in [0.29, 0.717) is 17.5 Å². The summed E-state index contributed by atoms with van der Waals surface area (Å²) in [7, 11) is 3.74. The van der Waals surface area contributed by atoms with Gasteiger partial charge in [-0.25, -0.2) is 4.98 Å². The van der Waals surface area contributed by atoms with E-state index in [-0.39, 0.29) is 11.9 Å². The molecule has 1 aliphatic heterocycles. The highest BCUT2D eigenvalue weighted by Gasteiger charge is 2.29. The number of likely N-dealkylation sites (tertiary alicyclic amines) is 1. The zero-order valence-corrected chi connectivity index (χ0v) is 16.2. The number of ether oxygens (including phenoxy) is 1. The number of nitrogens with zero attached hydrogens (tertiary/aromatic N) is 3. The molecule has 0 radical (unpaired) electrons. The molecular weight excluding hydrogens is 326 g/mol. The zero-order chi connectivity index (χ0) is 18.7. The number of fused-ring (bicyclic) bond motifs is 1. The van der Waals surface area contributed by atoms with Crippen LogP contribution < -0.4 is 4.74 Å². The van der Waals surface area contributed by atoms with E-state index in [1.165, 1.54) is 0 Å². The SMILES string of the molecule is COc1nc(C(=O)N(CC(C)C)C2CCN(C)CC2)cc2ccccc12. The van der Waals surface area contributed by atoms with Gasteiger partial charge in [0.05, 0.1) is 7.11 Å². The molecule has 0 bridgehead atoms. The number of carbonyl (C=O) groups is 1. The van der Waals surface area contributed by atoms with Crippen LogP contribution >= 0.6 is 0 Å². The van der Waals surface area contributed by atoms with E-state index in [1.54, 1.807) is 7.11 Å². The molecule has 0 unspecified atom stereocenters. The van der Waals surface area contributed by atoms with Gasteiger partial charge in [-0.3, -0.25) is 4.79 Å². The molecule has 0 saturated carbocycles. The summed E-state index contributed by atoms with van der Waals surface area (Å²) < 4.78 is 5.45. The quantitative estimate of drug-likeness (QED) is 0.824. The van der Waals surface area contributed by atoms with Gasteiger partial charge >= 0.3 is 0 Å². The van der Waals surface area contributed by atoms with Gasteiger partial charge < -0.3 is 14.5 Å². The van der Waals surface area contributed by atoms with E-state index in [4.69, 9.17) is 4.74 Å². The van der Waals surface area contributed by atoms with Gasteiger partial charge in [0.2, 0.25) is 5.88 Å². The number of benzene rings is 1. The maximum Gasteiger partial charge on any atom is 0.272 e. The van der Waals surface area contributed by atoms with Gasteiger partial charge in [0.15, 0.2) is 0 Å². The minimum atomic E-state index is 0.0114. The van der Waals surface area contributed by atoms with Crippen molar-refractivity contribution in [3.8, 4) is 5.88 Å². The Morgan fingerprint density at radius 3 is 2.65 bits per heavy atom. The lowest BCUT2D eigenvalue weighted by Crippen LogP contribution is -2.48. The molecule has 3 rings (SSSR count). The summed E-state index contributed by atoms with van der Waals surface area (Å²) in [6.45, 7) is 7.12. The van der Waals surface area contributed by atoms with Gasteiger partial charge in [0.25, 0.3) is 5.91 Å². The molecule has 0 aliphatic carbocycles. The second-order valence-electron chi connectivity index (χ2n) is 7.62. The minimum Gasteiger partial charge on any atom is -0.481 e. The lowest BCUT2D eigenvalue weighted by atomic mass is 10.0. The lowest BCUT2D eigenvalue weighted by Gasteiger charge is -2.38. The van der Waals surface area contributed by atoms with Crippen molar-refractivity contribution in [2.45, 2.75) is 32.7 Å². The van der Waals surface area contributed by atoms with Crippen molar-refractivity contribution >= 4 is 16.7 Å². The average molecular weight is 355 g/mol. The summed E-state index contributed by atoms with van der Waals surface area (Å²) in [6.07, 6.45) is 2.03. The Labute approximate surface area is 156 Å². The third-order valence-electron chi connectivity index (χ3n) is 5.07. The second kappa shape index (κ2) is 8.04. The molecule has 1 aliphatic rings. The third kappa shape index (κ3) is 3.98. The van der Waals surface area contributed by atoms with Crippen LogP contribution in [-0.4, -0.2) is 60.5 Å². The van der Waals surface area contributed by atoms with Gasteiger partial charge in [0.1, 0.15) is 5.69 Å². The molecule has 1 fully saturated rings. The lowest BCUT2D eigenvalue weighted by molar-refractivity contribution is 0.0553. The van der Waals surface area contributed by atoms with Crippen LogP contribution in [0.15, 0.2) is 30.3 Å². The molecule has 0 spiro atoms. The van der Waals surface area contributed by atoms with Crippen LogP contribution in [0.5, 0.6) is 5.88 Å². The average Bonchev–Trinajstić information content (AvgIpc) is 2.65. The number of hydrogen-bond donors (Lipinski definition) is 0. The summed E-state index contributed by atoms with van der Waals surface area (Å²) >= 11 is 0. The smallest absolute Gasteiger partial charge is 0.272 e. The fourth-order valence-corrected chi connectivity index (χ4v) is 3.68. The first-order valence-electron chi connectivity index (χ1n) is 9.43. The Hall–Kier alpha value is -2.14. The van der Waals surface area contributed by atoms with Crippen LogP contribution in [0.1, 0.15) is 37.2 Å². The van der Waals surface area contributed by atoms with Gasteiger partial charge in [-0.05, 0) is 56.4 Å². The van der Waals surface area contributed by atoms with Crippen molar-refractivity contribution in [2.24, 2.45) is 5.92 Å². The molecule has 140 valence electrons. The third-order valence-corrected chi connectivity index (χ3v) is 5.07. The Balaban J connectivity index is 1.94. The Morgan fingerprint density at radius 1 is 1.31 bits per heavy atom. The minimum absolute atomic E-state index is 0.0114. The van der Waals surface area contributed by atoms with Crippen LogP contribution in [0.2, 0.25) is 0 Å². The molecule has 1 aromatic heterocycles. The van der Waals surface area contributed by atoms with E-state index in [0.717, 1.165) is 43.2 Å². The number of pyridine rings is 1. The number of hydrogen-bond acceptors (Lipinski definition) is 4. The van der Waals surface area contributed by atoms with E-state index < -0.39 is 0 Å². The zero-order valence-electron chi connectivity index (χ0n) is 16.2. The van der Waals surface area contributed by atoms with Crippen molar-refractivity contribution in [3.63, 3.8) is 0 Å². The normalized spacial score (nSPS) is 16.2. The number of aromatic nitrogens is 1. The van der Waals surface area contributed by atoms with E-state index >= 15 is 0 Å². The van der Waals surface area contributed by atoms with Crippen LogP contribution in [0.4, 0.5) is 0 Å². The summed E-state index contributed by atoms with van der Waals surface area (Å²) in [5.74, 6) is 0.942. The molecule has 26 heavy (non-hydrogen) atoms. The van der Waals surface area contributed by atoms with Crippen molar-refractivity contribution < 1.29 is 9.53 Å². The van der Waals surface area contributed by atoms with Gasteiger partial charge in [-0.1, -0.05) is 32.0 Å². The molecular formula is C21H29N3O2. The summed E-state index contributed by atoms with van der Waals surface area (Å²) in [4.78, 5) is 22.3. The Kier molecular flexibility index (Phi) is 5.77. The first-order chi connectivity index (χ1) is 12.5. The topological polar surface area (TPSA) is 45.7 Å². The molecule has 0 atom stereocenters. The molecule has 1 saturated heterocycles. The van der Waals surface area contributed by atoms with Crippen molar-refractivity contribution in [1.29, 1.82) is 0 Å². The number of rotatable bonds is 5. The summed E-state index contributed by atoms with van der Waals surface area (Å²) in [5, 5.41) is 1.91. The van der Waals surface area contributed by atoms with Gasteiger partial charge in [-0.2, -0.15) is 0 Å². The van der Waals surface area contributed by atoms with Crippen molar-refractivity contribution in [2.75, 3.05) is 33.8 Å². The Morgan fingerprint density at radius 2 is 2.00 bits per heavy atom. The van der Waals surface area contributed by atoms with Gasteiger partial charge in [0, 0.05) is 18.0 Å². The maximum atomic E-state index is 13.4. The van der Waals surface area contributed by atoms with Crippen molar-refractivity contribution in [1.82, 2.24) is 14.8 Å². The van der Waals surface area contributed by atoms with Gasteiger partial charge in [-0.15, -0.1) is 0 Å². The fraction of sp³-hybridized carbons (Fsp3) is 0.524. The largest absolute Gasteiger partial charge is 0.481 e. The summed E-state index contributed by atoms with van der Waals surface area (Å²) in [5.41, 5.74) is 0.472. The standard InChI is InChI=1S/C21H29N3O2/c1-15(2)14-24(17-9-11-23(3)12-10-17)21(25)19-13-16-7-5-6-8-18(16)20(22-19)26-4/h5-8,13,15,17H,9-12,14H2,1-4H3.